The molecule has 0 N–H and O–H groups in total. The number of benzene rings is 3. The summed E-state index contributed by atoms with van der Waals surface area (Å²) in [7, 11) is 1.86. The highest BCUT2D eigenvalue weighted by Gasteiger charge is 2.29. The van der Waals surface area contributed by atoms with E-state index in [1.165, 1.54) is 65.9 Å². The van der Waals surface area contributed by atoms with Gasteiger partial charge in [-0.05, 0) is 67.2 Å². The van der Waals surface area contributed by atoms with Crippen molar-refractivity contribution in [2.24, 2.45) is 10.9 Å². The van der Waals surface area contributed by atoms with Gasteiger partial charge in [-0.25, -0.2) is 0 Å². The maximum atomic E-state index is 6.29. The number of fused-ring (bicyclic) bond motifs is 9. The van der Waals surface area contributed by atoms with Crippen LogP contribution in [0.15, 0.2) is 70.1 Å². The minimum absolute atomic E-state index is 0.369. The molecular weight excluding hydrogens is 416 g/mol. The molecular formula is C31H26N2O. The van der Waals surface area contributed by atoms with Crippen LogP contribution in [-0.2, 0) is 6.42 Å². The van der Waals surface area contributed by atoms with Crippen molar-refractivity contribution in [3.05, 3.63) is 83.1 Å². The van der Waals surface area contributed by atoms with E-state index in [1.54, 1.807) is 0 Å². The third kappa shape index (κ3) is 2.29. The molecule has 0 amide bonds. The van der Waals surface area contributed by atoms with E-state index >= 15 is 0 Å². The Labute approximate surface area is 198 Å². The average Bonchev–Trinajstić information content (AvgIpc) is 3.45. The molecule has 7 rings (SSSR count). The van der Waals surface area contributed by atoms with Crippen molar-refractivity contribution in [2.75, 3.05) is 7.05 Å². The Morgan fingerprint density at radius 3 is 2.62 bits per heavy atom. The zero-order chi connectivity index (χ0) is 23.3. The Morgan fingerprint density at radius 2 is 1.82 bits per heavy atom. The van der Waals surface area contributed by atoms with E-state index in [2.05, 4.69) is 79.2 Å². The number of aromatic nitrogens is 1. The van der Waals surface area contributed by atoms with Crippen molar-refractivity contribution >= 4 is 60.9 Å². The number of hydrogen-bond donors (Lipinski definition) is 0. The second kappa shape index (κ2) is 6.60. The molecule has 3 aromatic heterocycles. The molecule has 6 aromatic rings. The Kier molecular flexibility index (Phi) is 3.81. The van der Waals surface area contributed by atoms with Gasteiger partial charge in [-0.2, -0.15) is 0 Å². The van der Waals surface area contributed by atoms with Crippen LogP contribution < -0.4 is 0 Å². The topological polar surface area (TPSA) is 29.9 Å². The first-order valence-corrected chi connectivity index (χ1v) is 12.0. The first kappa shape index (κ1) is 19.6. The monoisotopic (exact) mass is 442 g/mol. The van der Waals surface area contributed by atoms with E-state index in [9.17, 15) is 0 Å². The lowest BCUT2D eigenvalue weighted by molar-refractivity contribution is 0.669. The number of nitrogens with zero attached hydrogens (tertiary/aromatic N) is 2. The van der Waals surface area contributed by atoms with Crippen LogP contribution in [0.2, 0.25) is 0 Å². The fraction of sp³-hybridized carbons (Fsp3) is 0.194. The lowest BCUT2D eigenvalue weighted by atomic mass is 9.84. The van der Waals surface area contributed by atoms with Crippen LogP contribution in [0.5, 0.6) is 0 Å². The lowest BCUT2D eigenvalue weighted by Gasteiger charge is -2.22. The Morgan fingerprint density at radius 1 is 1.03 bits per heavy atom. The first-order valence-electron chi connectivity index (χ1n) is 12.0. The zero-order valence-electron chi connectivity index (χ0n) is 20.0. The smallest absolute Gasteiger partial charge is 0.137 e. The highest BCUT2D eigenvalue weighted by atomic mass is 16.3. The number of para-hydroxylation sites is 1. The molecule has 0 bridgehead atoms. The van der Waals surface area contributed by atoms with Crippen molar-refractivity contribution in [3.63, 3.8) is 0 Å². The molecule has 1 aliphatic carbocycles. The maximum Gasteiger partial charge on any atom is 0.137 e. The summed E-state index contributed by atoms with van der Waals surface area (Å²) in [5, 5.41) is 6.39. The largest absolute Gasteiger partial charge is 0.456 e. The van der Waals surface area contributed by atoms with Crippen LogP contribution in [0.25, 0.3) is 55.2 Å². The molecule has 166 valence electrons. The predicted molar refractivity (Wildman–Crippen MR) is 145 cm³/mol. The number of aliphatic imine (C=N–C) groups is 1. The summed E-state index contributed by atoms with van der Waals surface area (Å²) in [5.41, 5.74) is 12.1. The van der Waals surface area contributed by atoms with E-state index in [1.807, 2.05) is 19.2 Å². The minimum Gasteiger partial charge on any atom is -0.456 e. The minimum atomic E-state index is 0.369. The molecule has 0 saturated carbocycles. The van der Waals surface area contributed by atoms with Crippen LogP contribution in [0, 0.1) is 19.8 Å². The summed E-state index contributed by atoms with van der Waals surface area (Å²) in [6.07, 6.45) is 5.22. The SMILES string of the molecule is C=CC(=NC)C1=Cc2c(n3c4cc5oc6ccccc6c5cc4c4c(C)cc(C)c2c43)CC1C. The standard InChI is InChI=1S/C31H26N2O/c1-6-24(32-5)20-13-22-25(12-16(20)2)33-26-15-28-21(19-9-7-8-10-27(19)34-28)14-23(26)30-18(4)11-17(3)29(22)31(30)33/h6-11,13-16H,1,12H2,2-5H3. The van der Waals surface area contributed by atoms with Gasteiger partial charge in [0.1, 0.15) is 11.2 Å². The number of furan rings is 1. The molecule has 1 aliphatic rings. The van der Waals surface area contributed by atoms with Crippen molar-refractivity contribution in [1.82, 2.24) is 4.40 Å². The van der Waals surface area contributed by atoms with Gasteiger partial charge in [-0.15, -0.1) is 0 Å². The molecule has 0 fully saturated rings. The normalized spacial score (nSPS) is 16.9. The summed E-state index contributed by atoms with van der Waals surface area (Å²) >= 11 is 0. The Bertz CT molecular complexity index is 1890. The fourth-order valence-corrected chi connectivity index (χ4v) is 6.40. The van der Waals surface area contributed by atoms with Crippen LogP contribution >= 0.6 is 0 Å². The summed E-state index contributed by atoms with van der Waals surface area (Å²) in [4.78, 5) is 4.51. The molecule has 3 nitrogen and oxygen atoms in total. The lowest BCUT2D eigenvalue weighted by Crippen LogP contribution is -2.16. The summed E-state index contributed by atoms with van der Waals surface area (Å²) in [6.45, 7) is 10.8. The second-order valence-electron chi connectivity index (χ2n) is 9.79. The van der Waals surface area contributed by atoms with Crippen LogP contribution in [0.4, 0.5) is 0 Å². The summed E-state index contributed by atoms with van der Waals surface area (Å²) < 4.78 is 8.81. The number of rotatable bonds is 2. The first-order chi connectivity index (χ1) is 16.5. The number of allylic oxidation sites excluding steroid dienone is 2. The van der Waals surface area contributed by atoms with E-state index < -0.39 is 0 Å². The molecule has 34 heavy (non-hydrogen) atoms. The molecule has 3 heterocycles. The van der Waals surface area contributed by atoms with Gasteiger partial charge in [0.05, 0.1) is 16.7 Å². The molecule has 0 spiro atoms. The molecule has 0 saturated heterocycles. The van der Waals surface area contributed by atoms with Gasteiger partial charge in [0.15, 0.2) is 0 Å². The van der Waals surface area contributed by atoms with Crippen molar-refractivity contribution in [2.45, 2.75) is 27.2 Å². The van der Waals surface area contributed by atoms with Crippen LogP contribution in [0.3, 0.4) is 0 Å². The van der Waals surface area contributed by atoms with Gasteiger partial charge in [-0.3, -0.25) is 4.99 Å². The molecule has 1 atom stereocenters. The zero-order valence-corrected chi connectivity index (χ0v) is 20.0. The number of aryl methyl sites for hydroxylation is 2. The van der Waals surface area contributed by atoms with E-state index in [4.69, 9.17) is 4.42 Å². The van der Waals surface area contributed by atoms with Gasteiger partial charge in [0, 0.05) is 51.3 Å². The molecule has 1 unspecified atom stereocenters. The van der Waals surface area contributed by atoms with Crippen LogP contribution in [-0.4, -0.2) is 17.2 Å². The summed E-state index contributed by atoms with van der Waals surface area (Å²) in [5.74, 6) is 0.369. The Hall–Kier alpha value is -3.85. The summed E-state index contributed by atoms with van der Waals surface area (Å²) in [6, 6.07) is 15.3. The predicted octanol–water partition coefficient (Wildman–Crippen LogP) is 8.03. The van der Waals surface area contributed by atoms with E-state index in [-0.39, 0.29) is 0 Å². The van der Waals surface area contributed by atoms with E-state index in [0.29, 0.717) is 5.92 Å². The molecule has 0 aliphatic heterocycles. The van der Waals surface area contributed by atoms with Gasteiger partial charge in [0.25, 0.3) is 0 Å². The molecule has 3 heteroatoms. The van der Waals surface area contributed by atoms with Gasteiger partial charge in [-0.1, -0.05) is 37.8 Å². The second-order valence-corrected chi connectivity index (χ2v) is 9.79. The Balaban J connectivity index is 1.69. The number of hydrogen-bond acceptors (Lipinski definition) is 2. The quantitative estimate of drug-likeness (QED) is 0.250. The third-order valence-electron chi connectivity index (χ3n) is 7.83. The maximum absolute atomic E-state index is 6.29. The van der Waals surface area contributed by atoms with Crippen molar-refractivity contribution < 1.29 is 4.42 Å². The van der Waals surface area contributed by atoms with Gasteiger partial charge < -0.3 is 8.82 Å². The van der Waals surface area contributed by atoms with Gasteiger partial charge >= 0.3 is 0 Å². The van der Waals surface area contributed by atoms with E-state index in [0.717, 1.165) is 23.3 Å². The van der Waals surface area contributed by atoms with Crippen molar-refractivity contribution in [1.29, 1.82) is 0 Å². The highest BCUT2D eigenvalue weighted by Crippen LogP contribution is 2.46. The fourth-order valence-electron chi connectivity index (χ4n) is 6.40. The average molecular weight is 443 g/mol. The highest BCUT2D eigenvalue weighted by molar-refractivity contribution is 6.23. The van der Waals surface area contributed by atoms with Gasteiger partial charge in [0.2, 0.25) is 0 Å². The third-order valence-corrected chi connectivity index (χ3v) is 7.83. The molecule has 0 radical (unpaired) electrons. The molecule has 3 aromatic carbocycles. The van der Waals surface area contributed by atoms with Crippen LogP contribution in [0.1, 0.15) is 29.3 Å². The van der Waals surface area contributed by atoms with Crippen molar-refractivity contribution in [3.8, 4) is 0 Å².